The lowest BCUT2D eigenvalue weighted by Crippen LogP contribution is -2.42. The predicted octanol–water partition coefficient (Wildman–Crippen LogP) is 4.94. The van der Waals surface area contributed by atoms with Gasteiger partial charge in [0.2, 0.25) is 0 Å². The fourth-order valence-electron chi connectivity index (χ4n) is 3.94. The highest BCUT2D eigenvalue weighted by atomic mass is 32.3. The highest BCUT2D eigenvalue weighted by Gasteiger charge is 2.32. The second-order valence-corrected chi connectivity index (χ2v) is 10.6. The van der Waals surface area contributed by atoms with E-state index in [4.69, 9.17) is 5.11 Å². The largest absolute Gasteiger partial charge is 0.481 e. The predicted molar refractivity (Wildman–Crippen MR) is 116 cm³/mol. The van der Waals surface area contributed by atoms with E-state index in [2.05, 4.69) is 0 Å². The minimum atomic E-state index is -2.54. The van der Waals surface area contributed by atoms with Gasteiger partial charge in [0.1, 0.15) is 5.69 Å². The van der Waals surface area contributed by atoms with Gasteiger partial charge in [0.15, 0.2) is 0 Å². The van der Waals surface area contributed by atoms with Crippen LogP contribution in [0.3, 0.4) is 0 Å². The van der Waals surface area contributed by atoms with Crippen LogP contribution in [-0.4, -0.2) is 49.2 Å². The van der Waals surface area contributed by atoms with Gasteiger partial charge in [-0.25, -0.2) is 0 Å². The van der Waals surface area contributed by atoms with Crippen LogP contribution in [0, 0.1) is 16.0 Å². The monoisotopic (exact) mass is 428 g/mol. The summed E-state index contributed by atoms with van der Waals surface area (Å²) in [6.07, 6.45) is 1.66. The molecule has 1 atom stereocenters. The lowest BCUT2D eigenvalue weighted by Gasteiger charge is -2.44. The first-order chi connectivity index (χ1) is 13.5. The smallest absolute Gasteiger partial charge is 0.303 e. The number of nitrogens with zero attached hydrogens (tertiary/aromatic N) is 2. The third kappa shape index (κ3) is 6.32. The standard InChI is InChI=1S/C20H32N2O6S/c1-4-15(12-20(23)24)16-5-6-18(19(11-16)22(25)26)21(13-14(2)3)17-7-9-29(27,28)10-8-17/h5-6,11,14-15,17,27-28H,4,7-10,12-13H2,1-3H3,(H,23,24). The van der Waals surface area contributed by atoms with Crippen LogP contribution in [0.2, 0.25) is 0 Å². The van der Waals surface area contributed by atoms with Crippen molar-refractivity contribution in [2.24, 2.45) is 5.92 Å². The van der Waals surface area contributed by atoms with E-state index in [1.54, 1.807) is 12.1 Å². The molecular weight excluding hydrogens is 396 g/mol. The molecule has 1 aliphatic rings. The van der Waals surface area contributed by atoms with Gasteiger partial charge in [-0.15, -0.1) is 0 Å². The number of benzene rings is 1. The van der Waals surface area contributed by atoms with E-state index >= 15 is 0 Å². The van der Waals surface area contributed by atoms with Crippen molar-refractivity contribution in [3.8, 4) is 0 Å². The maximum absolute atomic E-state index is 11.9. The van der Waals surface area contributed by atoms with Gasteiger partial charge in [-0.2, -0.15) is 10.6 Å². The number of carboxylic acid groups (broad SMARTS) is 1. The van der Waals surface area contributed by atoms with Crippen LogP contribution in [0.25, 0.3) is 0 Å². The van der Waals surface area contributed by atoms with Crippen molar-refractivity contribution in [2.45, 2.75) is 58.4 Å². The molecule has 1 fully saturated rings. The van der Waals surface area contributed by atoms with Crippen LogP contribution < -0.4 is 4.90 Å². The van der Waals surface area contributed by atoms with Gasteiger partial charge >= 0.3 is 5.97 Å². The first-order valence-electron chi connectivity index (χ1n) is 10.0. The summed E-state index contributed by atoms with van der Waals surface area (Å²) in [6.45, 7) is 6.59. The molecule has 0 spiro atoms. The maximum atomic E-state index is 11.9. The fraction of sp³-hybridized carbons (Fsp3) is 0.650. The number of anilines is 1. The molecule has 0 radical (unpaired) electrons. The van der Waals surface area contributed by atoms with Gasteiger partial charge < -0.3 is 10.0 Å². The molecule has 0 aromatic heterocycles. The maximum Gasteiger partial charge on any atom is 0.303 e. The number of rotatable bonds is 9. The molecule has 29 heavy (non-hydrogen) atoms. The van der Waals surface area contributed by atoms with Gasteiger partial charge in [0.05, 0.1) is 11.3 Å². The molecule has 1 heterocycles. The highest BCUT2D eigenvalue weighted by molar-refractivity contribution is 8.24. The quantitative estimate of drug-likeness (QED) is 0.376. The molecule has 0 saturated carbocycles. The molecule has 8 nitrogen and oxygen atoms in total. The molecular formula is C20H32N2O6S. The van der Waals surface area contributed by atoms with Crippen LogP contribution in [0.5, 0.6) is 0 Å². The van der Waals surface area contributed by atoms with Gasteiger partial charge in [-0.1, -0.05) is 26.8 Å². The van der Waals surface area contributed by atoms with Crippen molar-refractivity contribution in [2.75, 3.05) is 23.0 Å². The summed E-state index contributed by atoms with van der Waals surface area (Å²) in [6, 6.07) is 5.04. The van der Waals surface area contributed by atoms with E-state index in [1.165, 1.54) is 6.07 Å². The van der Waals surface area contributed by atoms with E-state index in [0.29, 0.717) is 48.6 Å². The van der Waals surface area contributed by atoms with Crippen molar-refractivity contribution in [1.82, 2.24) is 0 Å². The number of nitro groups is 1. The molecule has 1 aliphatic heterocycles. The average Bonchev–Trinajstić information content (AvgIpc) is 2.63. The molecule has 1 aromatic carbocycles. The lowest BCUT2D eigenvalue weighted by molar-refractivity contribution is -0.384. The average molecular weight is 429 g/mol. The molecule has 164 valence electrons. The van der Waals surface area contributed by atoms with E-state index < -0.39 is 21.5 Å². The van der Waals surface area contributed by atoms with E-state index in [1.807, 2.05) is 25.7 Å². The molecule has 2 rings (SSSR count). The Morgan fingerprint density at radius 2 is 1.93 bits per heavy atom. The third-order valence-corrected chi connectivity index (χ3v) is 7.23. The van der Waals surface area contributed by atoms with Crippen molar-refractivity contribution < 1.29 is 23.9 Å². The van der Waals surface area contributed by atoms with E-state index in [9.17, 15) is 24.0 Å². The Hall–Kier alpha value is -1.84. The van der Waals surface area contributed by atoms with Crippen LogP contribution in [0.4, 0.5) is 11.4 Å². The number of nitro benzene ring substituents is 1. The third-order valence-electron chi connectivity index (χ3n) is 5.45. The second-order valence-electron chi connectivity index (χ2n) is 8.20. The van der Waals surface area contributed by atoms with Crippen LogP contribution >= 0.6 is 10.6 Å². The zero-order chi connectivity index (χ0) is 21.8. The van der Waals surface area contributed by atoms with Crippen molar-refractivity contribution in [3.05, 3.63) is 33.9 Å². The number of hydrogen-bond donors (Lipinski definition) is 3. The Labute approximate surface area is 173 Å². The van der Waals surface area contributed by atoms with Crippen molar-refractivity contribution >= 4 is 27.9 Å². The minimum absolute atomic E-state index is 0.00265. The van der Waals surface area contributed by atoms with Crippen molar-refractivity contribution in [3.63, 3.8) is 0 Å². The fourth-order valence-corrected chi connectivity index (χ4v) is 5.44. The molecule has 1 saturated heterocycles. The summed E-state index contributed by atoms with van der Waals surface area (Å²) in [4.78, 5) is 24.6. The number of aliphatic carboxylic acids is 1. The highest BCUT2D eigenvalue weighted by Crippen LogP contribution is 2.46. The van der Waals surface area contributed by atoms with Gasteiger partial charge in [-0.3, -0.25) is 24.0 Å². The molecule has 0 bridgehead atoms. The molecule has 1 unspecified atom stereocenters. The number of hydrogen-bond acceptors (Lipinski definition) is 6. The minimum Gasteiger partial charge on any atom is -0.481 e. The van der Waals surface area contributed by atoms with Crippen molar-refractivity contribution in [1.29, 1.82) is 0 Å². The summed E-state index contributed by atoms with van der Waals surface area (Å²) < 4.78 is 19.9. The molecule has 3 N–H and O–H groups in total. The second kappa shape index (κ2) is 9.77. The van der Waals surface area contributed by atoms with Crippen LogP contribution in [0.1, 0.15) is 57.9 Å². The number of carbonyl (C=O) groups is 1. The lowest BCUT2D eigenvalue weighted by atomic mass is 9.92. The molecule has 1 aromatic rings. The first-order valence-corrected chi connectivity index (χ1v) is 11.9. The van der Waals surface area contributed by atoms with Gasteiger partial charge in [0, 0.05) is 30.2 Å². The summed E-state index contributed by atoms with van der Waals surface area (Å²) in [5.41, 5.74) is 1.15. The molecule has 9 heteroatoms. The number of carboxylic acids is 1. The summed E-state index contributed by atoms with van der Waals surface area (Å²) in [5, 5.41) is 21.0. The topological polar surface area (TPSA) is 124 Å². The zero-order valence-electron chi connectivity index (χ0n) is 17.3. The summed E-state index contributed by atoms with van der Waals surface area (Å²) >= 11 is 0. The molecule has 0 amide bonds. The Kier molecular flexibility index (Phi) is 7.90. The van der Waals surface area contributed by atoms with E-state index in [0.717, 1.165) is 0 Å². The zero-order valence-corrected chi connectivity index (χ0v) is 18.1. The molecule has 0 aliphatic carbocycles. The van der Waals surface area contributed by atoms with Crippen LogP contribution in [-0.2, 0) is 4.79 Å². The summed E-state index contributed by atoms with van der Waals surface area (Å²) in [7, 11) is -2.54. The normalized spacial score (nSPS) is 19.0. The Morgan fingerprint density at radius 3 is 2.41 bits per heavy atom. The Bertz CT molecular complexity index is 730. The Balaban J connectivity index is 2.41. The summed E-state index contributed by atoms with van der Waals surface area (Å²) in [5.74, 6) is -0.303. The van der Waals surface area contributed by atoms with Crippen LogP contribution in [0.15, 0.2) is 18.2 Å². The Morgan fingerprint density at radius 1 is 1.31 bits per heavy atom. The first kappa shape index (κ1) is 23.4. The SMILES string of the molecule is CCC(CC(=O)O)c1ccc(N(CC(C)C)C2CCS(O)(O)CC2)c([N+](=O)[O-])c1. The van der Waals surface area contributed by atoms with Gasteiger partial charge in [0.25, 0.3) is 5.69 Å². The van der Waals surface area contributed by atoms with Gasteiger partial charge in [-0.05, 0) is 42.7 Å². The van der Waals surface area contributed by atoms with E-state index in [-0.39, 0.29) is 30.0 Å².